The van der Waals surface area contributed by atoms with Crippen molar-refractivity contribution in [3.63, 3.8) is 0 Å². The smallest absolute Gasteiger partial charge is 0.420 e. The molecule has 0 unspecified atom stereocenters. The number of aryl methyl sites for hydroxylation is 1. The van der Waals surface area contributed by atoms with E-state index in [-0.39, 0.29) is 78.8 Å². The average Bonchev–Trinajstić information content (AvgIpc) is 4.01. The number of hydrogen-bond donors (Lipinski definition) is 2. The summed E-state index contributed by atoms with van der Waals surface area (Å²) in [5, 5.41) is 22.3. The van der Waals surface area contributed by atoms with Crippen molar-refractivity contribution in [1.82, 2.24) is 25.1 Å². The number of aromatic nitrogens is 2. The summed E-state index contributed by atoms with van der Waals surface area (Å²) in [6.45, 7) is 10.9. The van der Waals surface area contributed by atoms with E-state index in [1.165, 1.54) is 48.3 Å². The summed E-state index contributed by atoms with van der Waals surface area (Å²) in [5.74, 6) is -5.80. The van der Waals surface area contributed by atoms with E-state index in [0.29, 0.717) is 23.3 Å². The first-order chi connectivity index (χ1) is 35.3. The first-order valence-electron chi connectivity index (χ1n) is 23.9. The summed E-state index contributed by atoms with van der Waals surface area (Å²) < 4.78 is 94.8. The number of ether oxygens (including phenoxy) is 1. The Morgan fingerprint density at radius 2 is 1.65 bits per heavy atom. The molecule has 3 atom stereocenters. The molecule has 3 aliphatic heterocycles. The molecule has 2 aromatic heterocycles. The maximum atomic E-state index is 15.9. The Bertz CT molecular complexity index is 3110. The quantitative estimate of drug-likeness (QED) is 0.0901. The van der Waals surface area contributed by atoms with Crippen molar-refractivity contribution in [2.75, 3.05) is 29.4 Å². The van der Waals surface area contributed by atoms with Crippen LogP contribution in [0.3, 0.4) is 0 Å². The zero-order valence-electron chi connectivity index (χ0n) is 41.6. The van der Waals surface area contributed by atoms with Crippen LogP contribution in [-0.2, 0) is 25.4 Å². The molecular weight excluding hydrogens is 1020 g/mol. The predicted octanol–water partition coefficient (Wildman–Crippen LogP) is 9.42. The molecule has 0 radical (unpaired) electrons. The van der Waals surface area contributed by atoms with Crippen LogP contribution >= 0.6 is 23.6 Å². The summed E-state index contributed by atoms with van der Waals surface area (Å²) in [7, 11) is 0. The number of carbonyl (C=O) groups is 4. The molecule has 5 aromatic rings. The van der Waals surface area contributed by atoms with Gasteiger partial charge in [0.2, 0.25) is 17.7 Å². The molecule has 0 aliphatic carbocycles. The van der Waals surface area contributed by atoms with Crippen LogP contribution in [0.1, 0.15) is 95.1 Å². The number of benzene rings is 3. The number of amides is 4. The van der Waals surface area contributed by atoms with Crippen LogP contribution in [0, 0.1) is 41.1 Å². The minimum Gasteiger partial charge on any atom is -0.487 e. The number of piperidine rings is 1. The van der Waals surface area contributed by atoms with E-state index in [9.17, 15) is 42.7 Å². The van der Waals surface area contributed by atoms with Crippen molar-refractivity contribution >= 4 is 63.7 Å². The van der Waals surface area contributed by atoms with Crippen LogP contribution in [0.2, 0.25) is 0 Å². The van der Waals surface area contributed by atoms with Gasteiger partial charge in [0.25, 0.3) is 5.91 Å². The molecule has 75 heavy (non-hydrogen) atoms. The maximum absolute atomic E-state index is 15.9. The van der Waals surface area contributed by atoms with E-state index in [0.717, 1.165) is 51.5 Å². The van der Waals surface area contributed by atoms with Gasteiger partial charge >= 0.3 is 6.18 Å². The van der Waals surface area contributed by atoms with Crippen molar-refractivity contribution < 1.29 is 55.4 Å². The molecule has 3 aliphatic rings. The van der Waals surface area contributed by atoms with Crippen molar-refractivity contribution in [3.8, 4) is 33.5 Å². The van der Waals surface area contributed by atoms with Crippen molar-refractivity contribution in [2.45, 2.75) is 110 Å². The fourth-order valence-electron chi connectivity index (χ4n) is 9.62. The van der Waals surface area contributed by atoms with E-state index in [1.807, 2.05) is 52.0 Å². The molecule has 3 aromatic carbocycles. The van der Waals surface area contributed by atoms with Gasteiger partial charge in [-0.15, -0.1) is 11.3 Å². The number of alkyl halides is 3. The highest BCUT2D eigenvalue weighted by Gasteiger charge is 2.52. The number of thiazole rings is 1. The Balaban J connectivity index is 0.923. The molecule has 0 bridgehead atoms. The van der Waals surface area contributed by atoms with E-state index in [4.69, 9.17) is 17.0 Å². The number of nitrogens with one attached hydrogen (secondary N) is 1. The monoisotopic (exact) mass is 1070 g/mol. The standard InChI is InChI=1S/C53H52F6N8O6S2/c1-28-47(75-27-62-28)30-9-7-29(8-10-30)38(63-48(71)40-21-34(68)26-65(40)43(70)23-51(2,3)4)22-42(69)64-17-15-35(16-18-64)73-41-14-12-31(19-36(41)54)46-37(55)20-33(25-61-46)67-50(74)66(49(72)52(67,5)6)39-13-11-32(24-60)44(45(39)56)53(57,58)59/h7-14,19-20,25,27,34-35,38,40,68H,15-18,21-23,26H2,1-6H3,(H,63,71)/t34-,38+,40+/m1/s1. The number of aliphatic hydroxyl groups is 1. The lowest BCUT2D eigenvalue weighted by molar-refractivity contribution is -0.140. The minimum atomic E-state index is -5.28. The zero-order valence-corrected chi connectivity index (χ0v) is 43.2. The lowest BCUT2D eigenvalue weighted by Crippen LogP contribution is -2.48. The maximum Gasteiger partial charge on any atom is 0.420 e. The van der Waals surface area contributed by atoms with Gasteiger partial charge in [-0.1, -0.05) is 45.0 Å². The number of likely N-dealkylation sites (tertiary alicyclic amines) is 2. The summed E-state index contributed by atoms with van der Waals surface area (Å²) in [5.41, 5.74) is -1.99. The summed E-state index contributed by atoms with van der Waals surface area (Å²) in [6.07, 6.45) is -4.80. The Kier molecular flexibility index (Phi) is 15.2. The first-order valence-corrected chi connectivity index (χ1v) is 25.2. The van der Waals surface area contributed by atoms with Gasteiger partial charge in [0.05, 0.1) is 63.9 Å². The molecular formula is C53H52F6N8O6S2. The van der Waals surface area contributed by atoms with Gasteiger partial charge in [-0.25, -0.2) is 18.2 Å². The molecule has 2 N–H and O–H groups in total. The summed E-state index contributed by atoms with van der Waals surface area (Å²) >= 11 is 6.95. The second-order valence-electron chi connectivity index (χ2n) is 20.5. The fraction of sp³-hybridized carbons (Fsp3) is 0.396. The second-order valence-corrected chi connectivity index (χ2v) is 21.7. The van der Waals surface area contributed by atoms with Gasteiger partial charge in [0, 0.05) is 56.9 Å². The van der Waals surface area contributed by atoms with Crippen molar-refractivity contribution in [3.05, 3.63) is 112 Å². The minimum absolute atomic E-state index is 0.00728. The molecule has 22 heteroatoms. The Morgan fingerprint density at radius 3 is 2.25 bits per heavy atom. The Hall–Kier alpha value is -6.96. The van der Waals surface area contributed by atoms with E-state index >= 15 is 13.2 Å². The summed E-state index contributed by atoms with van der Waals surface area (Å²) in [6, 6.07) is 13.3. The Morgan fingerprint density at radius 1 is 0.973 bits per heavy atom. The lowest BCUT2D eigenvalue weighted by atomic mass is 9.91. The molecule has 14 nitrogen and oxygen atoms in total. The number of nitrogens with zero attached hydrogens (tertiary/aromatic N) is 7. The molecule has 5 heterocycles. The third-order valence-corrected chi connectivity index (χ3v) is 14.8. The number of anilines is 2. The molecule has 3 saturated heterocycles. The van der Waals surface area contributed by atoms with Gasteiger partial charge in [-0.3, -0.25) is 29.1 Å². The molecule has 4 amide bonds. The molecule has 0 spiro atoms. The van der Waals surface area contributed by atoms with Crippen LogP contribution in [0.4, 0.5) is 37.7 Å². The zero-order chi connectivity index (χ0) is 54.5. The number of aliphatic hydroxyl groups excluding tert-OH is 1. The highest BCUT2D eigenvalue weighted by Crippen LogP contribution is 2.43. The van der Waals surface area contributed by atoms with Gasteiger partial charge in [-0.05, 0) is 79.9 Å². The number of nitriles is 1. The highest BCUT2D eigenvalue weighted by atomic mass is 32.1. The normalized spacial score (nSPS) is 18.6. The van der Waals surface area contributed by atoms with Crippen LogP contribution in [0.15, 0.2) is 72.4 Å². The third kappa shape index (κ3) is 11.2. The van der Waals surface area contributed by atoms with E-state index < -0.39 is 87.2 Å². The molecule has 8 rings (SSSR count). The van der Waals surface area contributed by atoms with E-state index in [2.05, 4.69) is 15.3 Å². The van der Waals surface area contributed by atoms with Gasteiger partial charge in [-0.2, -0.15) is 18.4 Å². The predicted molar refractivity (Wildman–Crippen MR) is 271 cm³/mol. The number of halogens is 6. The largest absolute Gasteiger partial charge is 0.487 e. The highest BCUT2D eigenvalue weighted by molar-refractivity contribution is 7.81. The number of thiocarbonyl (C=S) groups is 1. The molecule has 394 valence electrons. The van der Waals surface area contributed by atoms with Gasteiger partial charge in [0.15, 0.2) is 28.3 Å². The second kappa shape index (κ2) is 21.0. The number of pyridine rings is 1. The average molecular weight is 1080 g/mol. The van der Waals surface area contributed by atoms with Gasteiger partial charge in [0.1, 0.15) is 28.9 Å². The summed E-state index contributed by atoms with van der Waals surface area (Å²) in [4.78, 5) is 69.2. The van der Waals surface area contributed by atoms with E-state index in [1.54, 1.807) is 10.4 Å². The molecule has 3 fully saturated rings. The number of carbonyl (C=O) groups excluding carboxylic acids is 4. The number of rotatable bonds is 12. The van der Waals surface area contributed by atoms with Gasteiger partial charge < -0.3 is 29.9 Å². The number of hydrogen-bond acceptors (Lipinski definition) is 11. The topological polar surface area (TPSA) is 172 Å². The lowest BCUT2D eigenvalue weighted by Gasteiger charge is -2.34. The van der Waals surface area contributed by atoms with Crippen LogP contribution < -0.4 is 19.9 Å². The van der Waals surface area contributed by atoms with Crippen LogP contribution in [-0.4, -0.2) is 97.0 Å². The van der Waals surface area contributed by atoms with Crippen molar-refractivity contribution in [2.24, 2.45) is 5.41 Å². The third-order valence-electron chi connectivity index (χ3n) is 13.4. The first kappa shape index (κ1) is 54.3. The Labute approximate surface area is 437 Å². The van der Waals surface area contributed by atoms with Crippen LogP contribution in [0.25, 0.3) is 21.7 Å². The molecule has 0 saturated carbocycles. The fourth-order valence-corrected chi connectivity index (χ4v) is 10.9. The number of β-amino-alcohol motifs (C(OH)–C–C–N with tert-alkyl or cyclic N) is 1. The SMILES string of the molecule is Cc1ncsc1-c1ccc([C@H](CC(=O)N2CCC(Oc3ccc(-c4ncc(N5C(=S)N(c6ccc(C#N)c(C(F)(F)F)c6F)C(=O)C5(C)C)cc4F)cc3F)CC2)NC(=O)[C@@H]2C[C@@H](O)CN2C(=O)CC(C)(C)C)cc1. The van der Waals surface area contributed by atoms with Crippen molar-refractivity contribution in [1.29, 1.82) is 5.26 Å². The van der Waals surface area contributed by atoms with Crippen LogP contribution in [0.5, 0.6) is 5.75 Å².